The first-order valence-corrected chi connectivity index (χ1v) is 9.97. The number of hydrogen-bond acceptors (Lipinski definition) is 7. The molecular formula is C16H13N3O5S2. The van der Waals surface area contributed by atoms with Gasteiger partial charge in [0.05, 0.1) is 11.4 Å². The lowest BCUT2D eigenvalue weighted by molar-refractivity contribution is -0.113. The number of amides is 1. The molecule has 26 heavy (non-hydrogen) atoms. The van der Waals surface area contributed by atoms with E-state index < -0.39 is 10.0 Å². The Labute approximate surface area is 153 Å². The van der Waals surface area contributed by atoms with Crippen molar-refractivity contribution in [2.75, 3.05) is 23.2 Å². The molecular weight excluding hydrogens is 378 g/mol. The Morgan fingerprint density at radius 1 is 1.19 bits per heavy atom. The molecule has 1 amide bonds. The minimum atomic E-state index is -3.76. The van der Waals surface area contributed by atoms with Crippen LogP contribution in [0.2, 0.25) is 0 Å². The van der Waals surface area contributed by atoms with Gasteiger partial charge in [0, 0.05) is 11.8 Å². The molecule has 2 N–H and O–H groups in total. The Kier molecular flexibility index (Phi) is 4.21. The predicted molar refractivity (Wildman–Crippen MR) is 98.3 cm³/mol. The third-order valence-corrected chi connectivity index (χ3v) is 5.93. The van der Waals surface area contributed by atoms with Crippen molar-refractivity contribution >= 4 is 44.2 Å². The van der Waals surface area contributed by atoms with Gasteiger partial charge in [0.1, 0.15) is 4.90 Å². The summed E-state index contributed by atoms with van der Waals surface area (Å²) >= 11 is 1.01. The lowest BCUT2D eigenvalue weighted by Gasteiger charge is -2.17. The summed E-state index contributed by atoms with van der Waals surface area (Å²) < 4.78 is 38.5. The molecule has 0 aliphatic carbocycles. The summed E-state index contributed by atoms with van der Waals surface area (Å²) in [5, 5.41) is 5.80. The SMILES string of the molecule is O=C(CSC1=NS(=O)(=O)c2ccccc2N1)Nc1ccc2c(c1)OCO2. The number of amidine groups is 1. The van der Waals surface area contributed by atoms with Crippen LogP contribution in [0, 0.1) is 0 Å². The van der Waals surface area contributed by atoms with Crippen LogP contribution in [0.5, 0.6) is 11.5 Å². The number of sulfonamides is 1. The second kappa shape index (κ2) is 6.54. The Bertz CT molecular complexity index is 1020. The highest BCUT2D eigenvalue weighted by Gasteiger charge is 2.25. The fraction of sp³-hybridized carbons (Fsp3) is 0.125. The second-order valence-electron chi connectivity index (χ2n) is 5.40. The molecule has 2 aliphatic heterocycles. The zero-order valence-corrected chi connectivity index (χ0v) is 14.9. The number of nitrogens with one attached hydrogen (secondary N) is 2. The Morgan fingerprint density at radius 2 is 2.00 bits per heavy atom. The minimum absolute atomic E-state index is 0.00202. The van der Waals surface area contributed by atoms with Crippen molar-refractivity contribution < 1.29 is 22.7 Å². The van der Waals surface area contributed by atoms with Gasteiger partial charge >= 0.3 is 0 Å². The van der Waals surface area contributed by atoms with E-state index in [9.17, 15) is 13.2 Å². The molecule has 0 saturated heterocycles. The first-order valence-electron chi connectivity index (χ1n) is 7.55. The molecule has 0 atom stereocenters. The van der Waals surface area contributed by atoms with Crippen molar-refractivity contribution in [3.63, 3.8) is 0 Å². The minimum Gasteiger partial charge on any atom is -0.454 e. The Hall–Kier alpha value is -2.72. The van der Waals surface area contributed by atoms with E-state index in [1.54, 1.807) is 36.4 Å². The van der Waals surface area contributed by atoms with E-state index in [2.05, 4.69) is 15.0 Å². The van der Waals surface area contributed by atoms with Gasteiger partial charge in [-0.3, -0.25) is 4.79 Å². The molecule has 2 aromatic rings. The second-order valence-corrected chi connectivity index (χ2v) is 7.93. The first kappa shape index (κ1) is 16.7. The Morgan fingerprint density at radius 3 is 2.88 bits per heavy atom. The van der Waals surface area contributed by atoms with Crippen LogP contribution in [-0.4, -0.2) is 32.0 Å². The average Bonchev–Trinajstić information content (AvgIpc) is 3.07. The van der Waals surface area contributed by atoms with Gasteiger partial charge < -0.3 is 20.1 Å². The van der Waals surface area contributed by atoms with Crippen molar-refractivity contribution in [2.24, 2.45) is 4.40 Å². The number of ether oxygens (including phenoxy) is 2. The number of fused-ring (bicyclic) bond motifs is 2. The van der Waals surface area contributed by atoms with Gasteiger partial charge in [0.15, 0.2) is 16.7 Å². The van der Waals surface area contributed by atoms with Crippen LogP contribution in [0.15, 0.2) is 51.8 Å². The van der Waals surface area contributed by atoms with Crippen LogP contribution in [-0.2, 0) is 14.8 Å². The number of carbonyl (C=O) groups is 1. The fourth-order valence-corrected chi connectivity index (χ4v) is 4.50. The number of benzene rings is 2. The predicted octanol–water partition coefficient (Wildman–Crippen LogP) is 2.26. The maximum atomic E-state index is 12.2. The zero-order valence-electron chi connectivity index (χ0n) is 13.3. The van der Waals surface area contributed by atoms with Gasteiger partial charge in [-0.25, -0.2) is 0 Å². The van der Waals surface area contributed by atoms with Crippen LogP contribution < -0.4 is 20.1 Å². The summed E-state index contributed by atoms with van der Waals surface area (Å²) in [6, 6.07) is 11.6. The van der Waals surface area contributed by atoms with Crippen LogP contribution in [0.1, 0.15) is 0 Å². The lowest BCUT2D eigenvalue weighted by Crippen LogP contribution is -2.22. The van der Waals surface area contributed by atoms with E-state index in [1.807, 2.05) is 0 Å². The van der Waals surface area contributed by atoms with Crippen molar-refractivity contribution in [3.05, 3.63) is 42.5 Å². The van der Waals surface area contributed by atoms with E-state index in [0.717, 1.165) is 11.8 Å². The first-order chi connectivity index (χ1) is 12.5. The normalized spacial score (nSPS) is 16.2. The summed E-state index contributed by atoms with van der Waals surface area (Å²) in [7, 11) is -3.76. The van der Waals surface area contributed by atoms with E-state index in [0.29, 0.717) is 22.9 Å². The number of nitrogens with zero attached hydrogens (tertiary/aromatic N) is 1. The monoisotopic (exact) mass is 391 g/mol. The number of thioether (sulfide) groups is 1. The molecule has 0 saturated carbocycles. The van der Waals surface area contributed by atoms with Crippen LogP contribution >= 0.6 is 11.8 Å². The summed E-state index contributed by atoms with van der Waals surface area (Å²) in [4.78, 5) is 12.2. The molecule has 0 spiro atoms. The molecule has 8 nitrogen and oxygen atoms in total. The van der Waals surface area contributed by atoms with E-state index in [4.69, 9.17) is 9.47 Å². The van der Waals surface area contributed by atoms with Crippen LogP contribution in [0.4, 0.5) is 11.4 Å². The standard InChI is InChI=1S/C16H13N3O5S2/c20-15(17-10-5-6-12-13(7-10)24-9-23-12)8-25-16-18-11-3-1-2-4-14(11)26(21,22)19-16/h1-7H,8-9H2,(H,17,20)(H,18,19). The summed E-state index contributed by atoms with van der Waals surface area (Å²) in [5.41, 5.74) is 1.01. The molecule has 10 heteroatoms. The van der Waals surface area contributed by atoms with E-state index >= 15 is 0 Å². The molecule has 2 aromatic carbocycles. The molecule has 2 heterocycles. The van der Waals surface area contributed by atoms with Gasteiger partial charge in [-0.05, 0) is 24.3 Å². The maximum Gasteiger partial charge on any atom is 0.286 e. The highest BCUT2D eigenvalue weighted by atomic mass is 32.2. The topological polar surface area (TPSA) is 106 Å². The third-order valence-electron chi connectivity index (χ3n) is 3.61. The average molecular weight is 391 g/mol. The quantitative estimate of drug-likeness (QED) is 0.826. The smallest absolute Gasteiger partial charge is 0.286 e. The number of hydrogen-bond donors (Lipinski definition) is 2. The van der Waals surface area contributed by atoms with Gasteiger partial charge in [-0.1, -0.05) is 23.9 Å². The van der Waals surface area contributed by atoms with Gasteiger partial charge in [-0.2, -0.15) is 8.42 Å². The van der Waals surface area contributed by atoms with Gasteiger partial charge in [0.25, 0.3) is 10.0 Å². The fourth-order valence-electron chi connectivity index (χ4n) is 2.46. The van der Waals surface area contributed by atoms with E-state index in [1.165, 1.54) is 6.07 Å². The zero-order chi connectivity index (χ0) is 18.1. The van der Waals surface area contributed by atoms with Crippen molar-refractivity contribution in [1.29, 1.82) is 0 Å². The molecule has 134 valence electrons. The molecule has 0 aromatic heterocycles. The van der Waals surface area contributed by atoms with Crippen LogP contribution in [0.3, 0.4) is 0 Å². The van der Waals surface area contributed by atoms with E-state index in [-0.39, 0.29) is 28.5 Å². The Balaban J connectivity index is 1.40. The molecule has 0 radical (unpaired) electrons. The molecule has 0 unspecified atom stereocenters. The van der Waals surface area contributed by atoms with Gasteiger partial charge in [0.2, 0.25) is 12.7 Å². The lowest BCUT2D eigenvalue weighted by atomic mass is 10.3. The number of para-hydroxylation sites is 1. The molecule has 4 rings (SSSR count). The highest BCUT2D eigenvalue weighted by molar-refractivity contribution is 8.15. The van der Waals surface area contributed by atoms with Crippen molar-refractivity contribution in [2.45, 2.75) is 4.90 Å². The number of carbonyl (C=O) groups excluding carboxylic acids is 1. The number of anilines is 2. The summed E-state index contributed by atoms with van der Waals surface area (Å²) in [6.07, 6.45) is 0. The van der Waals surface area contributed by atoms with Crippen LogP contribution in [0.25, 0.3) is 0 Å². The van der Waals surface area contributed by atoms with Crippen molar-refractivity contribution in [1.82, 2.24) is 0 Å². The summed E-state index contributed by atoms with van der Waals surface area (Å²) in [6.45, 7) is 0.157. The molecule has 2 aliphatic rings. The number of rotatable bonds is 3. The molecule has 0 fully saturated rings. The summed E-state index contributed by atoms with van der Waals surface area (Å²) in [5.74, 6) is 0.894. The third kappa shape index (κ3) is 3.33. The molecule has 0 bridgehead atoms. The maximum absolute atomic E-state index is 12.2. The van der Waals surface area contributed by atoms with Crippen molar-refractivity contribution in [3.8, 4) is 11.5 Å². The van der Waals surface area contributed by atoms with Gasteiger partial charge in [-0.15, -0.1) is 4.40 Å². The largest absolute Gasteiger partial charge is 0.454 e. The highest BCUT2D eigenvalue weighted by Crippen LogP contribution is 2.34.